The molecule has 140 valence electrons. The van der Waals surface area contributed by atoms with Crippen LogP contribution in [0.25, 0.3) is 0 Å². The lowest BCUT2D eigenvalue weighted by Gasteiger charge is -2.12. The van der Waals surface area contributed by atoms with E-state index < -0.39 is 15.9 Å². The van der Waals surface area contributed by atoms with Crippen LogP contribution < -0.4 is 19.5 Å². The first-order valence-electron chi connectivity index (χ1n) is 7.77. The molecule has 0 bridgehead atoms. The van der Waals surface area contributed by atoms with E-state index in [4.69, 9.17) is 9.47 Å². The standard InChI is InChI=1S/C17H21N3O5S/c1-24-15-4-3-14(16(9-15)25-2)12-26(22,23)20-11-17(21)19-10-13-5-7-18-8-6-13/h3-9,20H,10-12H2,1-2H3,(H,19,21). The fraction of sp³-hybridized carbons (Fsp3) is 0.294. The van der Waals surface area contributed by atoms with Crippen LogP contribution in [-0.2, 0) is 27.1 Å². The Hall–Kier alpha value is -2.65. The molecule has 0 unspecified atom stereocenters. The number of carbonyl (C=O) groups excluding carboxylic acids is 1. The Morgan fingerprint density at radius 3 is 2.50 bits per heavy atom. The monoisotopic (exact) mass is 379 g/mol. The number of carbonyl (C=O) groups is 1. The molecule has 2 aromatic rings. The van der Waals surface area contributed by atoms with E-state index in [0.717, 1.165) is 5.56 Å². The number of pyridine rings is 1. The molecule has 0 spiro atoms. The van der Waals surface area contributed by atoms with Crippen LogP contribution in [0.5, 0.6) is 11.5 Å². The fourth-order valence-electron chi connectivity index (χ4n) is 2.17. The molecule has 9 heteroatoms. The van der Waals surface area contributed by atoms with Crippen molar-refractivity contribution in [3.63, 3.8) is 0 Å². The summed E-state index contributed by atoms with van der Waals surface area (Å²) in [6, 6.07) is 8.39. The van der Waals surface area contributed by atoms with Gasteiger partial charge in [-0.2, -0.15) is 0 Å². The van der Waals surface area contributed by atoms with E-state index in [2.05, 4.69) is 15.0 Å². The highest BCUT2D eigenvalue weighted by molar-refractivity contribution is 7.88. The van der Waals surface area contributed by atoms with Crippen molar-refractivity contribution in [1.82, 2.24) is 15.0 Å². The molecular weight excluding hydrogens is 358 g/mol. The van der Waals surface area contributed by atoms with Gasteiger partial charge in [-0.3, -0.25) is 9.78 Å². The Balaban J connectivity index is 1.89. The molecule has 1 heterocycles. The molecule has 2 rings (SSSR count). The molecule has 0 aliphatic heterocycles. The summed E-state index contributed by atoms with van der Waals surface area (Å²) in [4.78, 5) is 15.7. The second kappa shape index (κ2) is 9.16. The lowest BCUT2D eigenvalue weighted by atomic mass is 10.2. The minimum atomic E-state index is -3.71. The van der Waals surface area contributed by atoms with Crippen LogP contribution in [0.3, 0.4) is 0 Å². The lowest BCUT2D eigenvalue weighted by molar-refractivity contribution is -0.120. The van der Waals surface area contributed by atoms with Crippen molar-refractivity contribution in [2.45, 2.75) is 12.3 Å². The van der Waals surface area contributed by atoms with Crippen molar-refractivity contribution in [3.8, 4) is 11.5 Å². The Kier molecular flexibility index (Phi) is 6.93. The van der Waals surface area contributed by atoms with Crippen LogP contribution in [0, 0.1) is 0 Å². The van der Waals surface area contributed by atoms with Crippen LogP contribution in [0.4, 0.5) is 0 Å². The zero-order valence-corrected chi connectivity index (χ0v) is 15.4. The highest BCUT2D eigenvalue weighted by atomic mass is 32.2. The smallest absolute Gasteiger partial charge is 0.235 e. The third-order valence-electron chi connectivity index (χ3n) is 3.53. The number of hydrogen-bond acceptors (Lipinski definition) is 6. The van der Waals surface area contributed by atoms with Crippen molar-refractivity contribution in [1.29, 1.82) is 0 Å². The number of aromatic nitrogens is 1. The number of benzene rings is 1. The number of nitrogens with zero attached hydrogens (tertiary/aromatic N) is 1. The normalized spacial score (nSPS) is 11.0. The molecule has 26 heavy (non-hydrogen) atoms. The molecule has 0 fully saturated rings. The maximum absolute atomic E-state index is 12.2. The van der Waals surface area contributed by atoms with Gasteiger partial charge in [0.2, 0.25) is 15.9 Å². The van der Waals surface area contributed by atoms with E-state index in [9.17, 15) is 13.2 Å². The number of amides is 1. The summed E-state index contributed by atoms with van der Waals surface area (Å²) in [5.41, 5.74) is 1.34. The number of ether oxygens (including phenoxy) is 2. The number of rotatable bonds is 9. The number of hydrogen-bond donors (Lipinski definition) is 2. The summed E-state index contributed by atoms with van der Waals surface area (Å²) >= 11 is 0. The highest BCUT2D eigenvalue weighted by Crippen LogP contribution is 2.25. The lowest BCUT2D eigenvalue weighted by Crippen LogP contribution is -2.37. The first kappa shape index (κ1) is 19.7. The Morgan fingerprint density at radius 2 is 1.85 bits per heavy atom. The molecule has 1 amide bonds. The van der Waals surface area contributed by atoms with Crippen LogP contribution in [-0.4, -0.2) is 40.1 Å². The summed E-state index contributed by atoms with van der Waals surface area (Å²) in [6.07, 6.45) is 3.23. The van der Waals surface area contributed by atoms with E-state index in [1.807, 2.05) is 0 Å². The maximum atomic E-state index is 12.2. The van der Waals surface area contributed by atoms with Gasteiger partial charge in [0.05, 0.1) is 26.5 Å². The van der Waals surface area contributed by atoms with Gasteiger partial charge in [0, 0.05) is 30.6 Å². The molecule has 0 aliphatic carbocycles. The van der Waals surface area contributed by atoms with Gasteiger partial charge in [0.15, 0.2) is 0 Å². The summed E-state index contributed by atoms with van der Waals surface area (Å²) in [5.74, 6) is 0.230. The molecule has 8 nitrogen and oxygen atoms in total. The first-order valence-corrected chi connectivity index (χ1v) is 9.42. The Morgan fingerprint density at radius 1 is 1.12 bits per heavy atom. The van der Waals surface area contributed by atoms with Crippen LogP contribution >= 0.6 is 0 Å². The Labute approximate surface area is 152 Å². The zero-order chi connectivity index (χ0) is 19.0. The van der Waals surface area contributed by atoms with Crippen LogP contribution in [0.2, 0.25) is 0 Å². The highest BCUT2D eigenvalue weighted by Gasteiger charge is 2.17. The van der Waals surface area contributed by atoms with Crippen molar-refractivity contribution in [2.75, 3.05) is 20.8 Å². The molecule has 0 atom stereocenters. The number of methoxy groups -OCH3 is 2. The molecule has 0 radical (unpaired) electrons. The van der Waals surface area contributed by atoms with Crippen molar-refractivity contribution < 1.29 is 22.7 Å². The van der Waals surface area contributed by atoms with Gasteiger partial charge in [0.25, 0.3) is 0 Å². The van der Waals surface area contributed by atoms with Gasteiger partial charge in [-0.05, 0) is 23.8 Å². The predicted molar refractivity (Wildman–Crippen MR) is 96.3 cm³/mol. The van der Waals surface area contributed by atoms with E-state index in [-0.39, 0.29) is 12.3 Å². The Bertz CT molecular complexity index is 841. The third-order valence-corrected chi connectivity index (χ3v) is 4.81. The summed E-state index contributed by atoms with van der Waals surface area (Å²) < 4.78 is 37.0. The molecule has 0 saturated heterocycles. The third kappa shape index (κ3) is 6.01. The van der Waals surface area contributed by atoms with Gasteiger partial charge in [-0.1, -0.05) is 6.07 Å². The topological polar surface area (TPSA) is 107 Å². The first-order chi connectivity index (χ1) is 12.4. The second-order valence-electron chi connectivity index (χ2n) is 5.39. The van der Waals surface area contributed by atoms with E-state index in [1.54, 1.807) is 42.7 Å². The van der Waals surface area contributed by atoms with Crippen LogP contribution in [0.1, 0.15) is 11.1 Å². The average Bonchev–Trinajstić information content (AvgIpc) is 2.65. The molecular formula is C17H21N3O5S. The van der Waals surface area contributed by atoms with Gasteiger partial charge in [-0.15, -0.1) is 0 Å². The number of sulfonamides is 1. The van der Waals surface area contributed by atoms with Gasteiger partial charge < -0.3 is 14.8 Å². The van der Waals surface area contributed by atoms with E-state index >= 15 is 0 Å². The average molecular weight is 379 g/mol. The molecule has 2 N–H and O–H groups in total. The van der Waals surface area contributed by atoms with Crippen molar-refractivity contribution >= 4 is 15.9 Å². The zero-order valence-electron chi connectivity index (χ0n) is 14.6. The summed E-state index contributed by atoms with van der Waals surface area (Å²) in [6.45, 7) is -0.0404. The minimum absolute atomic E-state index is 0.301. The van der Waals surface area contributed by atoms with Gasteiger partial charge in [0.1, 0.15) is 11.5 Å². The van der Waals surface area contributed by atoms with Gasteiger partial charge in [-0.25, -0.2) is 13.1 Å². The minimum Gasteiger partial charge on any atom is -0.497 e. The fourth-order valence-corrected chi connectivity index (χ4v) is 3.27. The van der Waals surface area contributed by atoms with Crippen LogP contribution in [0.15, 0.2) is 42.7 Å². The van der Waals surface area contributed by atoms with E-state index in [1.165, 1.54) is 14.2 Å². The quantitative estimate of drug-likeness (QED) is 0.669. The van der Waals surface area contributed by atoms with Crippen molar-refractivity contribution in [2.24, 2.45) is 0 Å². The number of nitrogens with one attached hydrogen (secondary N) is 2. The largest absolute Gasteiger partial charge is 0.497 e. The molecule has 0 aliphatic rings. The maximum Gasteiger partial charge on any atom is 0.235 e. The molecule has 0 saturated carbocycles. The van der Waals surface area contributed by atoms with Crippen molar-refractivity contribution in [3.05, 3.63) is 53.9 Å². The van der Waals surface area contributed by atoms with Gasteiger partial charge >= 0.3 is 0 Å². The predicted octanol–water partition coefficient (Wildman–Crippen LogP) is 0.835. The van der Waals surface area contributed by atoms with E-state index in [0.29, 0.717) is 23.6 Å². The molecule has 1 aromatic carbocycles. The second-order valence-corrected chi connectivity index (χ2v) is 7.20. The summed E-state index contributed by atoms with van der Waals surface area (Å²) in [5, 5.41) is 2.64. The molecule has 1 aromatic heterocycles. The SMILES string of the molecule is COc1ccc(CS(=O)(=O)NCC(=O)NCc2ccncc2)c(OC)c1. The summed E-state index contributed by atoms with van der Waals surface area (Å²) in [7, 11) is -0.746.